The first-order valence-electron chi connectivity index (χ1n) is 5.41. The Kier molecular flexibility index (Phi) is 4.32. The molecule has 1 atom stereocenters. The van der Waals surface area contributed by atoms with Crippen LogP contribution in [-0.4, -0.2) is 14.2 Å². The zero-order chi connectivity index (χ0) is 13.1. The highest BCUT2D eigenvalue weighted by Crippen LogP contribution is 2.32. The molecule has 0 fully saturated rings. The van der Waals surface area contributed by atoms with Crippen molar-refractivity contribution in [3.8, 4) is 5.75 Å². The van der Waals surface area contributed by atoms with E-state index in [1.165, 1.54) is 0 Å². The van der Waals surface area contributed by atoms with E-state index in [1.807, 2.05) is 31.3 Å². The maximum atomic E-state index is 6.26. The molecular weight excluding hydrogens is 318 g/mol. The first-order chi connectivity index (χ1) is 8.65. The third kappa shape index (κ3) is 2.71. The van der Waals surface area contributed by atoms with Gasteiger partial charge in [-0.1, -0.05) is 17.7 Å². The zero-order valence-corrected chi connectivity index (χ0v) is 12.4. The predicted molar refractivity (Wildman–Crippen MR) is 75.3 cm³/mol. The van der Waals surface area contributed by atoms with E-state index in [0.717, 1.165) is 17.1 Å². The minimum Gasteiger partial charge on any atom is -0.497 e. The van der Waals surface area contributed by atoms with Crippen LogP contribution in [0.1, 0.15) is 17.4 Å². The van der Waals surface area contributed by atoms with Crippen molar-refractivity contribution in [3.63, 3.8) is 0 Å². The molecular formula is C13H13BrClNO2. The van der Waals surface area contributed by atoms with Crippen molar-refractivity contribution in [1.29, 1.82) is 0 Å². The Morgan fingerprint density at radius 1 is 1.33 bits per heavy atom. The van der Waals surface area contributed by atoms with Crippen molar-refractivity contribution in [2.24, 2.45) is 0 Å². The van der Waals surface area contributed by atoms with Gasteiger partial charge in [-0.2, -0.15) is 0 Å². The van der Waals surface area contributed by atoms with Crippen molar-refractivity contribution in [2.45, 2.75) is 6.04 Å². The summed E-state index contributed by atoms with van der Waals surface area (Å²) in [5.41, 5.74) is 0.946. The second kappa shape index (κ2) is 5.78. The van der Waals surface area contributed by atoms with Gasteiger partial charge in [0.05, 0.1) is 13.2 Å². The van der Waals surface area contributed by atoms with E-state index in [1.54, 1.807) is 13.2 Å². The van der Waals surface area contributed by atoms with Crippen LogP contribution >= 0.6 is 27.5 Å². The van der Waals surface area contributed by atoms with Crippen molar-refractivity contribution in [3.05, 3.63) is 51.3 Å². The monoisotopic (exact) mass is 329 g/mol. The van der Waals surface area contributed by atoms with E-state index in [2.05, 4.69) is 21.2 Å². The van der Waals surface area contributed by atoms with Gasteiger partial charge in [0.2, 0.25) is 0 Å². The molecule has 1 unspecified atom stereocenters. The molecule has 0 aliphatic heterocycles. The molecule has 0 saturated carbocycles. The first-order valence-corrected chi connectivity index (χ1v) is 6.58. The number of halogens is 2. The van der Waals surface area contributed by atoms with E-state index in [0.29, 0.717) is 9.69 Å². The van der Waals surface area contributed by atoms with Crippen molar-refractivity contribution in [1.82, 2.24) is 5.32 Å². The highest BCUT2D eigenvalue weighted by Gasteiger charge is 2.18. The van der Waals surface area contributed by atoms with Gasteiger partial charge in [0.1, 0.15) is 11.5 Å². The summed E-state index contributed by atoms with van der Waals surface area (Å²) in [6.45, 7) is 0. The molecule has 0 radical (unpaired) electrons. The Morgan fingerprint density at radius 3 is 2.61 bits per heavy atom. The van der Waals surface area contributed by atoms with E-state index in [9.17, 15) is 0 Å². The fraction of sp³-hybridized carbons (Fsp3) is 0.231. The van der Waals surface area contributed by atoms with Crippen molar-refractivity contribution < 1.29 is 9.15 Å². The quantitative estimate of drug-likeness (QED) is 0.919. The molecule has 0 bridgehead atoms. The highest BCUT2D eigenvalue weighted by atomic mass is 79.9. The number of ether oxygens (including phenoxy) is 1. The SMILES string of the molecule is CNC(c1ccc(Br)o1)c1ccc(OC)cc1Cl. The Morgan fingerprint density at radius 2 is 2.11 bits per heavy atom. The average Bonchev–Trinajstić information content (AvgIpc) is 2.78. The highest BCUT2D eigenvalue weighted by molar-refractivity contribution is 9.10. The molecule has 1 N–H and O–H groups in total. The maximum absolute atomic E-state index is 6.26. The fourth-order valence-electron chi connectivity index (χ4n) is 1.80. The number of nitrogens with one attached hydrogen (secondary N) is 1. The molecule has 0 amide bonds. The molecule has 0 aliphatic carbocycles. The normalized spacial score (nSPS) is 12.4. The molecule has 0 saturated heterocycles. The second-order valence-electron chi connectivity index (χ2n) is 3.75. The molecule has 18 heavy (non-hydrogen) atoms. The van der Waals surface area contributed by atoms with Crippen LogP contribution in [0.15, 0.2) is 39.4 Å². The number of rotatable bonds is 4. The third-order valence-electron chi connectivity index (χ3n) is 2.69. The molecule has 1 aromatic heterocycles. The van der Waals surface area contributed by atoms with Gasteiger partial charge < -0.3 is 14.5 Å². The van der Waals surface area contributed by atoms with Crippen LogP contribution < -0.4 is 10.1 Å². The molecule has 3 nitrogen and oxygen atoms in total. The standard InChI is InChI=1S/C13H13BrClNO2/c1-16-13(11-5-6-12(14)18-11)9-4-3-8(17-2)7-10(9)15/h3-7,13,16H,1-2H3. The van der Waals surface area contributed by atoms with E-state index < -0.39 is 0 Å². The maximum Gasteiger partial charge on any atom is 0.169 e. The Labute approximate surface area is 119 Å². The molecule has 96 valence electrons. The van der Waals surface area contributed by atoms with Crippen LogP contribution in [0.4, 0.5) is 0 Å². The zero-order valence-electron chi connectivity index (χ0n) is 10.0. The van der Waals surface area contributed by atoms with Crippen LogP contribution in [0.25, 0.3) is 0 Å². The average molecular weight is 331 g/mol. The topological polar surface area (TPSA) is 34.4 Å². The van der Waals surface area contributed by atoms with E-state index in [4.69, 9.17) is 20.8 Å². The number of hydrogen-bond acceptors (Lipinski definition) is 3. The molecule has 0 aliphatic rings. The van der Waals surface area contributed by atoms with Crippen LogP contribution in [-0.2, 0) is 0 Å². The fourth-order valence-corrected chi connectivity index (χ4v) is 2.40. The van der Waals surface area contributed by atoms with Gasteiger partial charge in [-0.05, 0) is 52.8 Å². The Hall–Kier alpha value is -0.970. The Bertz CT molecular complexity index is 542. The van der Waals surface area contributed by atoms with Gasteiger partial charge in [0, 0.05) is 5.02 Å². The molecule has 0 spiro atoms. The van der Waals surface area contributed by atoms with E-state index >= 15 is 0 Å². The van der Waals surface area contributed by atoms with Gasteiger partial charge in [0.25, 0.3) is 0 Å². The largest absolute Gasteiger partial charge is 0.497 e. The summed E-state index contributed by atoms with van der Waals surface area (Å²) in [6.07, 6.45) is 0. The second-order valence-corrected chi connectivity index (χ2v) is 4.94. The Balaban J connectivity index is 2.39. The van der Waals surface area contributed by atoms with Crippen LogP contribution in [0.2, 0.25) is 5.02 Å². The summed E-state index contributed by atoms with van der Waals surface area (Å²) >= 11 is 9.56. The van der Waals surface area contributed by atoms with Gasteiger partial charge in [0.15, 0.2) is 4.67 Å². The summed E-state index contributed by atoms with van der Waals surface area (Å²) in [5.74, 6) is 1.54. The lowest BCUT2D eigenvalue weighted by Gasteiger charge is -2.16. The van der Waals surface area contributed by atoms with Gasteiger partial charge in [-0.25, -0.2) is 0 Å². The van der Waals surface area contributed by atoms with Gasteiger partial charge in [-0.3, -0.25) is 0 Å². The minimum atomic E-state index is -0.0882. The van der Waals surface area contributed by atoms with Crippen LogP contribution in [0.3, 0.4) is 0 Å². The third-order valence-corrected chi connectivity index (χ3v) is 3.44. The molecule has 1 aromatic carbocycles. The lowest BCUT2D eigenvalue weighted by molar-refractivity contribution is 0.414. The van der Waals surface area contributed by atoms with Crippen molar-refractivity contribution >= 4 is 27.5 Å². The molecule has 2 rings (SSSR count). The van der Waals surface area contributed by atoms with E-state index in [-0.39, 0.29) is 6.04 Å². The van der Waals surface area contributed by atoms with Crippen LogP contribution in [0, 0.1) is 0 Å². The van der Waals surface area contributed by atoms with Crippen LogP contribution in [0.5, 0.6) is 5.75 Å². The number of methoxy groups -OCH3 is 1. The number of hydrogen-bond donors (Lipinski definition) is 1. The minimum absolute atomic E-state index is 0.0882. The lowest BCUT2D eigenvalue weighted by atomic mass is 10.0. The van der Waals surface area contributed by atoms with Gasteiger partial charge >= 0.3 is 0 Å². The predicted octanol–water partition coefficient (Wildman–Crippen LogP) is 4.01. The summed E-state index contributed by atoms with van der Waals surface area (Å²) in [6, 6.07) is 9.28. The summed E-state index contributed by atoms with van der Waals surface area (Å²) in [4.78, 5) is 0. The molecule has 2 aromatic rings. The molecule has 1 heterocycles. The first kappa shape index (κ1) is 13.5. The summed E-state index contributed by atoms with van der Waals surface area (Å²) in [7, 11) is 3.48. The smallest absolute Gasteiger partial charge is 0.169 e. The summed E-state index contributed by atoms with van der Waals surface area (Å²) in [5, 5.41) is 3.83. The number of benzene rings is 1. The summed E-state index contributed by atoms with van der Waals surface area (Å²) < 4.78 is 11.4. The molecule has 5 heteroatoms. The lowest BCUT2D eigenvalue weighted by Crippen LogP contribution is -2.17. The van der Waals surface area contributed by atoms with Gasteiger partial charge in [-0.15, -0.1) is 0 Å². The van der Waals surface area contributed by atoms with Crippen molar-refractivity contribution in [2.75, 3.05) is 14.2 Å². The number of furan rings is 1.